The summed E-state index contributed by atoms with van der Waals surface area (Å²) in [6.45, 7) is 4.60. The standard InChI is InChI=1S/C15H21N3O2S/c19-14(10-12-3-4-16-11-12)17-5-7-18(8-6-17)15(20)13-2-1-9-21-13/h1-2,9,12,16H,3-8,10-11H2. The predicted molar refractivity (Wildman–Crippen MR) is 82.4 cm³/mol. The molecular weight excluding hydrogens is 286 g/mol. The van der Waals surface area contributed by atoms with Crippen molar-refractivity contribution in [2.45, 2.75) is 12.8 Å². The summed E-state index contributed by atoms with van der Waals surface area (Å²) in [5, 5.41) is 5.22. The normalized spacial score (nSPS) is 22.6. The second kappa shape index (κ2) is 6.58. The Balaban J connectivity index is 1.48. The Morgan fingerprint density at radius 3 is 2.62 bits per heavy atom. The fraction of sp³-hybridized carbons (Fsp3) is 0.600. The zero-order valence-electron chi connectivity index (χ0n) is 12.1. The van der Waals surface area contributed by atoms with Gasteiger partial charge in [0.25, 0.3) is 5.91 Å². The molecule has 6 heteroatoms. The third kappa shape index (κ3) is 3.44. The van der Waals surface area contributed by atoms with Crippen LogP contribution in [0.4, 0.5) is 0 Å². The largest absolute Gasteiger partial charge is 0.339 e. The van der Waals surface area contributed by atoms with Gasteiger partial charge < -0.3 is 15.1 Å². The minimum absolute atomic E-state index is 0.0945. The Bertz CT molecular complexity index is 489. The molecule has 114 valence electrons. The molecule has 5 nitrogen and oxygen atoms in total. The Hall–Kier alpha value is -1.40. The lowest BCUT2D eigenvalue weighted by atomic mass is 10.0. The van der Waals surface area contributed by atoms with Crippen molar-refractivity contribution in [1.82, 2.24) is 15.1 Å². The van der Waals surface area contributed by atoms with Crippen molar-refractivity contribution in [2.75, 3.05) is 39.3 Å². The van der Waals surface area contributed by atoms with Gasteiger partial charge in [-0.3, -0.25) is 9.59 Å². The van der Waals surface area contributed by atoms with Gasteiger partial charge in [0, 0.05) is 32.6 Å². The number of thiophene rings is 1. The molecule has 1 aromatic heterocycles. The molecule has 1 aromatic rings. The average molecular weight is 307 g/mol. The molecule has 1 atom stereocenters. The minimum atomic E-state index is 0.0945. The Kier molecular flexibility index (Phi) is 4.55. The molecule has 1 N–H and O–H groups in total. The number of piperazine rings is 1. The van der Waals surface area contributed by atoms with Gasteiger partial charge in [0.2, 0.25) is 5.91 Å². The highest BCUT2D eigenvalue weighted by Crippen LogP contribution is 2.17. The van der Waals surface area contributed by atoms with Gasteiger partial charge in [0.05, 0.1) is 4.88 Å². The van der Waals surface area contributed by atoms with E-state index in [2.05, 4.69) is 5.32 Å². The molecule has 2 saturated heterocycles. The fourth-order valence-corrected chi connectivity index (χ4v) is 3.67. The van der Waals surface area contributed by atoms with Crippen molar-refractivity contribution < 1.29 is 9.59 Å². The molecular formula is C15H21N3O2S. The van der Waals surface area contributed by atoms with Crippen molar-refractivity contribution in [2.24, 2.45) is 5.92 Å². The van der Waals surface area contributed by atoms with E-state index in [1.54, 1.807) is 0 Å². The number of rotatable bonds is 3. The molecule has 3 rings (SSSR count). The second-order valence-electron chi connectivity index (χ2n) is 5.71. The van der Waals surface area contributed by atoms with Gasteiger partial charge in [-0.05, 0) is 36.9 Å². The van der Waals surface area contributed by atoms with Crippen LogP contribution < -0.4 is 5.32 Å². The number of hydrogen-bond acceptors (Lipinski definition) is 4. The van der Waals surface area contributed by atoms with E-state index < -0.39 is 0 Å². The summed E-state index contributed by atoms with van der Waals surface area (Å²) >= 11 is 1.47. The summed E-state index contributed by atoms with van der Waals surface area (Å²) < 4.78 is 0. The quantitative estimate of drug-likeness (QED) is 0.907. The van der Waals surface area contributed by atoms with Crippen LogP contribution in [0.3, 0.4) is 0 Å². The van der Waals surface area contributed by atoms with Crippen LogP contribution in [0.2, 0.25) is 0 Å². The lowest BCUT2D eigenvalue weighted by Gasteiger charge is -2.35. The zero-order chi connectivity index (χ0) is 14.7. The fourth-order valence-electron chi connectivity index (χ4n) is 2.98. The van der Waals surface area contributed by atoms with E-state index in [1.807, 2.05) is 27.3 Å². The number of nitrogens with zero attached hydrogens (tertiary/aromatic N) is 2. The second-order valence-corrected chi connectivity index (χ2v) is 6.66. The monoisotopic (exact) mass is 307 g/mol. The highest BCUT2D eigenvalue weighted by atomic mass is 32.1. The maximum absolute atomic E-state index is 12.3. The highest BCUT2D eigenvalue weighted by molar-refractivity contribution is 7.12. The van der Waals surface area contributed by atoms with Crippen LogP contribution in [-0.2, 0) is 4.79 Å². The van der Waals surface area contributed by atoms with Crippen molar-refractivity contribution in [3.63, 3.8) is 0 Å². The van der Waals surface area contributed by atoms with Crippen LogP contribution in [0, 0.1) is 5.92 Å². The van der Waals surface area contributed by atoms with Crippen LogP contribution in [0.1, 0.15) is 22.5 Å². The summed E-state index contributed by atoms with van der Waals surface area (Å²) in [4.78, 5) is 29.0. The van der Waals surface area contributed by atoms with Gasteiger partial charge >= 0.3 is 0 Å². The van der Waals surface area contributed by atoms with Gasteiger partial charge in [-0.2, -0.15) is 0 Å². The summed E-state index contributed by atoms with van der Waals surface area (Å²) in [7, 11) is 0. The molecule has 21 heavy (non-hydrogen) atoms. The average Bonchev–Trinajstić information content (AvgIpc) is 3.20. The number of hydrogen-bond donors (Lipinski definition) is 1. The van der Waals surface area contributed by atoms with E-state index in [-0.39, 0.29) is 11.8 Å². The van der Waals surface area contributed by atoms with Gasteiger partial charge in [0.15, 0.2) is 0 Å². The highest BCUT2D eigenvalue weighted by Gasteiger charge is 2.27. The summed E-state index contributed by atoms with van der Waals surface area (Å²) in [5.74, 6) is 0.826. The van der Waals surface area contributed by atoms with Crippen LogP contribution in [-0.4, -0.2) is 60.9 Å². The Morgan fingerprint density at radius 1 is 1.24 bits per heavy atom. The first-order chi connectivity index (χ1) is 10.2. The van der Waals surface area contributed by atoms with E-state index in [1.165, 1.54) is 11.3 Å². The van der Waals surface area contributed by atoms with Crippen molar-refractivity contribution >= 4 is 23.2 Å². The molecule has 0 aromatic carbocycles. The number of nitrogens with one attached hydrogen (secondary N) is 1. The molecule has 3 heterocycles. The number of carbonyl (C=O) groups is 2. The van der Waals surface area contributed by atoms with E-state index in [0.29, 0.717) is 38.5 Å². The SMILES string of the molecule is O=C(CC1CCNC1)N1CCN(C(=O)c2cccs2)CC1. The number of amides is 2. The predicted octanol–water partition coefficient (Wildman–Crippen LogP) is 1.03. The summed E-state index contributed by atoms with van der Waals surface area (Å²) in [6, 6.07) is 3.75. The van der Waals surface area contributed by atoms with Crippen LogP contribution in [0.15, 0.2) is 17.5 Å². The molecule has 0 saturated carbocycles. The third-order valence-electron chi connectivity index (χ3n) is 4.28. The Labute approximate surface area is 128 Å². The first kappa shape index (κ1) is 14.5. The van der Waals surface area contributed by atoms with E-state index in [0.717, 1.165) is 24.4 Å². The molecule has 2 aliphatic heterocycles. The molecule has 2 amide bonds. The van der Waals surface area contributed by atoms with Gasteiger partial charge in [-0.15, -0.1) is 11.3 Å². The minimum Gasteiger partial charge on any atom is -0.339 e. The van der Waals surface area contributed by atoms with Crippen molar-refractivity contribution in [3.8, 4) is 0 Å². The lowest BCUT2D eigenvalue weighted by molar-refractivity contribution is -0.133. The Morgan fingerprint density at radius 2 is 2.00 bits per heavy atom. The maximum atomic E-state index is 12.3. The summed E-state index contributed by atoms with van der Waals surface area (Å²) in [5.41, 5.74) is 0. The van der Waals surface area contributed by atoms with E-state index in [4.69, 9.17) is 0 Å². The third-order valence-corrected chi connectivity index (χ3v) is 5.14. The molecule has 0 radical (unpaired) electrons. The molecule has 1 unspecified atom stereocenters. The van der Waals surface area contributed by atoms with E-state index in [9.17, 15) is 9.59 Å². The van der Waals surface area contributed by atoms with Crippen LogP contribution in [0.25, 0.3) is 0 Å². The van der Waals surface area contributed by atoms with Gasteiger partial charge in [-0.1, -0.05) is 6.07 Å². The van der Waals surface area contributed by atoms with Gasteiger partial charge in [0.1, 0.15) is 0 Å². The number of carbonyl (C=O) groups excluding carboxylic acids is 2. The maximum Gasteiger partial charge on any atom is 0.264 e. The van der Waals surface area contributed by atoms with E-state index >= 15 is 0 Å². The zero-order valence-corrected chi connectivity index (χ0v) is 12.9. The van der Waals surface area contributed by atoms with Crippen molar-refractivity contribution in [3.05, 3.63) is 22.4 Å². The smallest absolute Gasteiger partial charge is 0.264 e. The van der Waals surface area contributed by atoms with Crippen LogP contribution >= 0.6 is 11.3 Å². The van der Waals surface area contributed by atoms with Crippen LogP contribution in [0.5, 0.6) is 0 Å². The topological polar surface area (TPSA) is 52.7 Å². The lowest BCUT2D eigenvalue weighted by Crippen LogP contribution is -2.50. The first-order valence-electron chi connectivity index (χ1n) is 7.55. The van der Waals surface area contributed by atoms with Crippen molar-refractivity contribution in [1.29, 1.82) is 0 Å². The molecule has 0 bridgehead atoms. The molecule has 0 aliphatic carbocycles. The summed E-state index contributed by atoms with van der Waals surface area (Å²) in [6.07, 6.45) is 1.74. The van der Waals surface area contributed by atoms with Gasteiger partial charge in [-0.25, -0.2) is 0 Å². The first-order valence-corrected chi connectivity index (χ1v) is 8.43. The molecule has 2 aliphatic rings. The molecule has 2 fully saturated rings. The molecule has 0 spiro atoms.